The molecule has 0 rings (SSSR count). The number of rotatable bonds is 5. The van der Waals surface area contributed by atoms with Gasteiger partial charge in [-0.3, -0.25) is 0 Å². The molecule has 0 heterocycles. The van der Waals surface area contributed by atoms with E-state index in [4.69, 9.17) is 14.6 Å². The second kappa shape index (κ2) is 5.41. The summed E-state index contributed by atoms with van der Waals surface area (Å²) in [4.78, 5) is 0. The Kier molecular flexibility index (Phi) is 5.20. The second-order valence-corrected chi connectivity index (χ2v) is 1.89. The van der Waals surface area contributed by atoms with Crippen LogP contribution in [0.1, 0.15) is 0 Å². The number of hydrogen-bond donors (Lipinski definition) is 1. The Balaban J connectivity index is 3.81. The van der Waals surface area contributed by atoms with Crippen molar-refractivity contribution in [2.75, 3.05) is 20.8 Å². The lowest BCUT2D eigenvalue weighted by Crippen LogP contribution is -2.31. The highest BCUT2D eigenvalue weighted by atomic mass is 16.5. The Morgan fingerprint density at radius 3 is 2.20 bits per heavy atom. The summed E-state index contributed by atoms with van der Waals surface area (Å²) < 4.78 is 9.84. The van der Waals surface area contributed by atoms with Crippen molar-refractivity contribution in [1.82, 2.24) is 0 Å². The third-order valence-electron chi connectivity index (χ3n) is 1.35. The van der Waals surface area contributed by atoms with Crippen molar-refractivity contribution in [2.24, 2.45) is 0 Å². The van der Waals surface area contributed by atoms with E-state index in [1.165, 1.54) is 7.11 Å². The van der Waals surface area contributed by atoms with Gasteiger partial charge in [-0.25, -0.2) is 0 Å². The molecular formula is C7H14O3. The predicted octanol–water partition coefficient (Wildman–Crippen LogP) is 0.195. The summed E-state index contributed by atoms with van der Waals surface area (Å²) in [5.74, 6) is 0. The number of methoxy groups -OCH3 is 2. The van der Waals surface area contributed by atoms with Crippen LogP contribution in [0.2, 0.25) is 0 Å². The molecule has 0 spiro atoms. The predicted molar refractivity (Wildman–Crippen MR) is 38.9 cm³/mol. The Morgan fingerprint density at radius 2 is 2.10 bits per heavy atom. The van der Waals surface area contributed by atoms with Crippen molar-refractivity contribution >= 4 is 0 Å². The SMILES string of the molecule is C=C[C@@H](OC)[C@H](CO)OC. The number of aliphatic hydroxyl groups excluding tert-OH is 1. The Labute approximate surface area is 61.3 Å². The highest BCUT2D eigenvalue weighted by Crippen LogP contribution is 2.01. The summed E-state index contributed by atoms with van der Waals surface area (Å²) >= 11 is 0. The zero-order valence-electron chi connectivity index (χ0n) is 6.41. The van der Waals surface area contributed by atoms with Crippen LogP contribution in [-0.4, -0.2) is 38.1 Å². The lowest BCUT2D eigenvalue weighted by atomic mass is 10.2. The highest BCUT2D eigenvalue weighted by Gasteiger charge is 2.15. The molecule has 0 radical (unpaired) electrons. The van der Waals surface area contributed by atoms with Crippen LogP contribution < -0.4 is 0 Å². The van der Waals surface area contributed by atoms with E-state index >= 15 is 0 Å². The van der Waals surface area contributed by atoms with Gasteiger partial charge in [-0.05, 0) is 0 Å². The van der Waals surface area contributed by atoms with Gasteiger partial charge in [0.2, 0.25) is 0 Å². The maximum atomic E-state index is 8.71. The zero-order chi connectivity index (χ0) is 7.98. The third kappa shape index (κ3) is 2.47. The Hall–Kier alpha value is -0.380. The molecule has 0 fully saturated rings. The molecule has 0 aliphatic heterocycles. The van der Waals surface area contributed by atoms with Crippen LogP contribution >= 0.6 is 0 Å². The van der Waals surface area contributed by atoms with E-state index in [2.05, 4.69) is 6.58 Å². The zero-order valence-corrected chi connectivity index (χ0v) is 6.41. The van der Waals surface area contributed by atoms with Gasteiger partial charge in [0.05, 0.1) is 6.61 Å². The van der Waals surface area contributed by atoms with E-state index in [0.29, 0.717) is 0 Å². The molecule has 0 unspecified atom stereocenters. The molecule has 3 nitrogen and oxygen atoms in total. The standard InChI is InChI=1S/C7H14O3/c1-4-6(9-2)7(5-8)10-3/h4,6-8H,1,5H2,2-3H3/t6-,7+/m1/s1. The maximum absolute atomic E-state index is 8.71. The lowest BCUT2D eigenvalue weighted by Gasteiger charge is -2.19. The molecule has 0 aliphatic rings. The summed E-state index contributed by atoms with van der Waals surface area (Å²) in [5, 5.41) is 8.71. The van der Waals surface area contributed by atoms with Crippen LogP contribution in [0.3, 0.4) is 0 Å². The third-order valence-corrected chi connectivity index (χ3v) is 1.35. The fourth-order valence-corrected chi connectivity index (χ4v) is 0.712. The quantitative estimate of drug-likeness (QED) is 0.563. The van der Waals surface area contributed by atoms with E-state index < -0.39 is 0 Å². The average Bonchev–Trinajstić information content (AvgIpc) is 2.00. The first-order chi connectivity index (χ1) is 4.79. The first-order valence-corrected chi connectivity index (χ1v) is 3.09. The largest absolute Gasteiger partial charge is 0.394 e. The molecule has 0 aromatic rings. The van der Waals surface area contributed by atoms with E-state index in [9.17, 15) is 0 Å². The average molecular weight is 146 g/mol. The fraction of sp³-hybridized carbons (Fsp3) is 0.714. The van der Waals surface area contributed by atoms with Crippen molar-refractivity contribution in [1.29, 1.82) is 0 Å². The van der Waals surface area contributed by atoms with Crippen molar-refractivity contribution in [3.63, 3.8) is 0 Å². The van der Waals surface area contributed by atoms with Gasteiger partial charge in [0.25, 0.3) is 0 Å². The van der Waals surface area contributed by atoms with Crippen molar-refractivity contribution < 1.29 is 14.6 Å². The topological polar surface area (TPSA) is 38.7 Å². The van der Waals surface area contributed by atoms with Gasteiger partial charge in [0.15, 0.2) is 0 Å². The van der Waals surface area contributed by atoms with Crippen LogP contribution in [0.5, 0.6) is 0 Å². The number of hydrogen-bond acceptors (Lipinski definition) is 3. The normalized spacial score (nSPS) is 16.3. The fourth-order valence-electron chi connectivity index (χ4n) is 0.712. The molecule has 2 atom stereocenters. The molecule has 0 aromatic heterocycles. The summed E-state index contributed by atoms with van der Waals surface area (Å²) in [7, 11) is 3.07. The smallest absolute Gasteiger partial charge is 0.110 e. The van der Waals surface area contributed by atoms with Gasteiger partial charge < -0.3 is 14.6 Å². The summed E-state index contributed by atoms with van der Waals surface area (Å²) in [6.45, 7) is 3.48. The highest BCUT2D eigenvalue weighted by molar-refractivity contribution is 4.86. The molecule has 60 valence electrons. The van der Waals surface area contributed by atoms with Crippen LogP contribution in [-0.2, 0) is 9.47 Å². The molecule has 0 aromatic carbocycles. The minimum Gasteiger partial charge on any atom is -0.394 e. The molecule has 0 amide bonds. The van der Waals surface area contributed by atoms with Crippen molar-refractivity contribution in [2.45, 2.75) is 12.2 Å². The minimum atomic E-state index is -0.303. The number of ether oxygens (including phenoxy) is 2. The Morgan fingerprint density at radius 1 is 1.50 bits per heavy atom. The van der Waals surface area contributed by atoms with Gasteiger partial charge in [-0.2, -0.15) is 0 Å². The van der Waals surface area contributed by atoms with Gasteiger partial charge in [0.1, 0.15) is 12.2 Å². The van der Waals surface area contributed by atoms with Crippen LogP contribution in [0.4, 0.5) is 0 Å². The first kappa shape index (κ1) is 9.62. The summed E-state index contributed by atoms with van der Waals surface area (Å²) in [5.41, 5.74) is 0. The lowest BCUT2D eigenvalue weighted by molar-refractivity contribution is -0.0385. The van der Waals surface area contributed by atoms with Crippen LogP contribution in [0, 0.1) is 0 Å². The summed E-state index contributed by atoms with van der Waals surface area (Å²) in [6.07, 6.45) is 1.07. The van der Waals surface area contributed by atoms with Crippen molar-refractivity contribution in [3.05, 3.63) is 12.7 Å². The van der Waals surface area contributed by atoms with Crippen LogP contribution in [0.15, 0.2) is 12.7 Å². The van der Waals surface area contributed by atoms with E-state index in [0.717, 1.165) is 0 Å². The van der Waals surface area contributed by atoms with Crippen LogP contribution in [0.25, 0.3) is 0 Å². The molecule has 0 saturated heterocycles. The molecule has 0 bridgehead atoms. The molecule has 0 aliphatic carbocycles. The second-order valence-electron chi connectivity index (χ2n) is 1.89. The Bertz CT molecular complexity index is 88.9. The van der Waals surface area contributed by atoms with Crippen molar-refractivity contribution in [3.8, 4) is 0 Å². The maximum Gasteiger partial charge on any atom is 0.110 e. The van der Waals surface area contributed by atoms with Gasteiger partial charge >= 0.3 is 0 Å². The van der Waals surface area contributed by atoms with E-state index in [1.807, 2.05) is 0 Å². The number of aliphatic hydroxyl groups is 1. The first-order valence-electron chi connectivity index (χ1n) is 3.09. The molecule has 0 saturated carbocycles. The van der Waals surface area contributed by atoms with Gasteiger partial charge in [-0.1, -0.05) is 6.08 Å². The van der Waals surface area contributed by atoms with E-state index in [1.54, 1.807) is 13.2 Å². The molecule has 3 heteroatoms. The van der Waals surface area contributed by atoms with E-state index in [-0.39, 0.29) is 18.8 Å². The monoisotopic (exact) mass is 146 g/mol. The molecule has 1 N–H and O–H groups in total. The van der Waals surface area contributed by atoms with Gasteiger partial charge in [-0.15, -0.1) is 6.58 Å². The molecular weight excluding hydrogens is 132 g/mol. The minimum absolute atomic E-state index is 0.0545. The van der Waals surface area contributed by atoms with Gasteiger partial charge in [0, 0.05) is 14.2 Å². The molecule has 10 heavy (non-hydrogen) atoms. The summed E-state index contributed by atoms with van der Waals surface area (Å²) in [6, 6.07) is 0.